The summed E-state index contributed by atoms with van der Waals surface area (Å²) in [6.07, 6.45) is 1.59. The van der Waals surface area contributed by atoms with Gasteiger partial charge in [0.05, 0.1) is 11.5 Å². The summed E-state index contributed by atoms with van der Waals surface area (Å²) in [5.41, 5.74) is 1.52. The molecule has 0 saturated carbocycles. The Balaban J connectivity index is 1.38. The Morgan fingerprint density at radius 1 is 1.06 bits per heavy atom. The summed E-state index contributed by atoms with van der Waals surface area (Å²) >= 11 is 1.32. The molecule has 0 fully saturated rings. The molecule has 9 heteroatoms. The van der Waals surface area contributed by atoms with Crippen molar-refractivity contribution in [1.29, 1.82) is 0 Å². The Labute approximate surface area is 182 Å². The smallest absolute Gasteiger partial charge is 0.237 e. The summed E-state index contributed by atoms with van der Waals surface area (Å²) in [5, 5.41) is 11.7. The van der Waals surface area contributed by atoms with Gasteiger partial charge < -0.3 is 19.2 Å². The highest BCUT2D eigenvalue weighted by Gasteiger charge is 2.23. The summed E-state index contributed by atoms with van der Waals surface area (Å²) in [6.45, 7) is 2.01. The molecule has 0 saturated heterocycles. The highest BCUT2D eigenvalue weighted by atomic mass is 32.2. The lowest BCUT2D eigenvalue weighted by Crippen LogP contribution is -2.22. The van der Waals surface area contributed by atoms with E-state index < -0.39 is 5.25 Å². The maximum Gasteiger partial charge on any atom is 0.237 e. The van der Waals surface area contributed by atoms with Crippen LogP contribution in [0.4, 0.5) is 5.69 Å². The van der Waals surface area contributed by atoms with E-state index >= 15 is 0 Å². The Kier molecular flexibility index (Phi) is 5.09. The number of furan rings is 1. The molecule has 0 spiro atoms. The van der Waals surface area contributed by atoms with Gasteiger partial charge >= 0.3 is 0 Å². The molecule has 5 rings (SSSR count). The van der Waals surface area contributed by atoms with Gasteiger partial charge in [0.2, 0.25) is 18.5 Å². The van der Waals surface area contributed by atoms with Crippen LogP contribution in [-0.4, -0.2) is 32.7 Å². The molecule has 2 aromatic carbocycles. The zero-order valence-corrected chi connectivity index (χ0v) is 17.3. The van der Waals surface area contributed by atoms with E-state index in [1.807, 2.05) is 47.9 Å². The zero-order valence-electron chi connectivity index (χ0n) is 16.5. The standard InChI is InChI=1S/C22H18N4O4S/c1-14(21(27)23-15-9-10-17-19(12-15)30-13-29-17)31-22-25-24-20(18-8-5-11-28-18)26(22)16-6-3-2-4-7-16/h2-12,14H,13H2,1H3,(H,23,27)/t14-/m1/s1. The summed E-state index contributed by atoms with van der Waals surface area (Å²) in [7, 11) is 0. The Bertz CT molecular complexity index is 1210. The first-order valence-corrected chi connectivity index (χ1v) is 10.5. The second kappa shape index (κ2) is 8.19. The predicted octanol–water partition coefficient (Wildman–Crippen LogP) is 4.38. The van der Waals surface area contributed by atoms with Crippen molar-refractivity contribution in [2.45, 2.75) is 17.3 Å². The molecule has 156 valence electrons. The van der Waals surface area contributed by atoms with Crippen molar-refractivity contribution >= 4 is 23.4 Å². The van der Waals surface area contributed by atoms with E-state index in [1.165, 1.54) is 11.8 Å². The third-order valence-corrected chi connectivity index (χ3v) is 5.72. The van der Waals surface area contributed by atoms with Crippen molar-refractivity contribution < 1.29 is 18.7 Å². The molecule has 1 atom stereocenters. The van der Waals surface area contributed by atoms with Crippen LogP contribution in [0.2, 0.25) is 0 Å². The second-order valence-electron chi connectivity index (χ2n) is 6.77. The normalized spacial score (nSPS) is 13.2. The van der Waals surface area contributed by atoms with E-state index in [1.54, 1.807) is 30.5 Å². The van der Waals surface area contributed by atoms with E-state index in [0.717, 1.165) is 5.69 Å². The number of rotatable bonds is 6. The molecule has 1 aliphatic heterocycles. The average molecular weight is 434 g/mol. The number of amides is 1. The number of carbonyl (C=O) groups excluding carboxylic acids is 1. The summed E-state index contributed by atoms with van der Waals surface area (Å²) in [4.78, 5) is 12.8. The van der Waals surface area contributed by atoms with E-state index in [4.69, 9.17) is 13.9 Å². The molecule has 2 aromatic heterocycles. The summed E-state index contributed by atoms with van der Waals surface area (Å²) in [6, 6.07) is 18.7. The molecule has 0 radical (unpaired) electrons. The van der Waals surface area contributed by atoms with Gasteiger partial charge in [0, 0.05) is 17.4 Å². The average Bonchev–Trinajstić information content (AvgIpc) is 3.54. The molecule has 1 N–H and O–H groups in total. The fourth-order valence-corrected chi connectivity index (χ4v) is 4.02. The summed E-state index contributed by atoms with van der Waals surface area (Å²) < 4.78 is 18.1. The number of anilines is 1. The highest BCUT2D eigenvalue weighted by molar-refractivity contribution is 8.00. The number of nitrogens with one attached hydrogen (secondary N) is 1. The first kappa shape index (κ1) is 19.3. The van der Waals surface area contributed by atoms with Crippen molar-refractivity contribution in [2.24, 2.45) is 0 Å². The first-order chi connectivity index (χ1) is 15.2. The number of para-hydroxylation sites is 1. The third kappa shape index (κ3) is 3.87. The molecule has 4 aromatic rings. The van der Waals surface area contributed by atoms with E-state index in [2.05, 4.69) is 15.5 Å². The minimum absolute atomic E-state index is 0.161. The number of nitrogens with zero attached hydrogens (tertiary/aromatic N) is 3. The monoisotopic (exact) mass is 434 g/mol. The van der Waals surface area contributed by atoms with Crippen molar-refractivity contribution in [3.8, 4) is 28.8 Å². The van der Waals surface area contributed by atoms with E-state index in [-0.39, 0.29) is 12.7 Å². The number of aromatic nitrogens is 3. The zero-order chi connectivity index (χ0) is 21.2. The van der Waals surface area contributed by atoms with Gasteiger partial charge in [-0.05, 0) is 43.3 Å². The number of hydrogen-bond acceptors (Lipinski definition) is 7. The van der Waals surface area contributed by atoms with E-state index in [9.17, 15) is 4.79 Å². The number of thioether (sulfide) groups is 1. The third-order valence-electron chi connectivity index (χ3n) is 4.68. The minimum atomic E-state index is -0.429. The molecule has 8 nitrogen and oxygen atoms in total. The lowest BCUT2D eigenvalue weighted by Gasteiger charge is -2.13. The molecular formula is C22H18N4O4S. The van der Waals surface area contributed by atoms with Crippen molar-refractivity contribution in [3.63, 3.8) is 0 Å². The summed E-state index contributed by atoms with van der Waals surface area (Å²) in [5.74, 6) is 2.29. The molecular weight excluding hydrogens is 416 g/mol. The van der Waals surface area contributed by atoms with Crippen LogP contribution in [0.3, 0.4) is 0 Å². The van der Waals surface area contributed by atoms with E-state index in [0.29, 0.717) is 33.9 Å². The number of hydrogen-bond donors (Lipinski definition) is 1. The van der Waals surface area contributed by atoms with Gasteiger partial charge in [-0.1, -0.05) is 30.0 Å². The van der Waals surface area contributed by atoms with Gasteiger partial charge in [-0.15, -0.1) is 10.2 Å². The van der Waals surface area contributed by atoms with Crippen molar-refractivity contribution in [1.82, 2.24) is 14.8 Å². The topological polar surface area (TPSA) is 91.4 Å². The lowest BCUT2D eigenvalue weighted by molar-refractivity contribution is -0.115. The van der Waals surface area contributed by atoms with Crippen LogP contribution >= 0.6 is 11.8 Å². The number of benzene rings is 2. The maximum absolute atomic E-state index is 12.8. The molecule has 0 bridgehead atoms. The van der Waals surface area contributed by atoms with Crippen molar-refractivity contribution in [2.75, 3.05) is 12.1 Å². The molecule has 3 heterocycles. The fraction of sp³-hybridized carbons (Fsp3) is 0.136. The minimum Gasteiger partial charge on any atom is -0.461 e. The predicted molar refractivity (Wildman–Crippen MR) is 116 cm³/mol. The quantitative estimate of drug-likeness (QED) is 0.451. The Morgan fingerprint density at radius 3 is 2.71 bits per heavy atom. The Morgan fingerprint density at radius 2 is 1.90 bits per heavy atom. The SMILES string of the molecule is C[C@@H](Sc1nnc(-c2ccco2)n1-c1ccccc1)C(=O)Nc1ccc2c(c1)OCO2. The highest BCUT2D eigenvalue weighted by Crippen LogP contribution is 2.35. The van der Waals surface area contributed by atoms with Gasteiger partial charge in [0.25, 0.3) is 0 Å². The van der Waals surface area contributed by atoms with Gasteiger partial charge in [-0.2, -0.15) is 0 Å². The van der Waals surface area contributed by atoms with Crippen LogP contribution in [0.5, 0.6) is 11.5 Å². The van der Waals surface area contributed by atoms with Crippen LogP contribution in [0, 0.1) is 0 Å². The van der Waals surface area contributed by atoms with Crippen LogP contribution in [0.25, 0.3) is 17.3 Å². The molecule has 1 amide bonds. The van der Waals surface area contributed by atoms with Gasteiger partial charge in [-0.25, -0.2) is 0 Å². The van der Waals surface area contributed by atoms with Crippen LogP contribution < -0.4 is 14.8 Å². The number of ether oxygens (including phenoxy) is 2. The van der Waals surface area contributed by atoms with Crippen LogP contribution in [-0.2, 0) is 4.79 Å². The first-order valence-electron chi connectivity index (χ1n) is 9.61. The van der Waals surface area contributed by atoms with Crippen LogP contribution in [0.15, 0.2) is 76.5 Å². The second-order valence-corrected chi connectivity index (χ2v) is 8.08. The number of carbonyl (C=O) groups is 1. The maximum atomic E-state index is 12.8. The molecule has 0 unspecified atom stereocenters. The molecule has 1 aliphatic rings. The van der Waals surface area contributed by atoms with Crippen LogP contribution in [0.1, 0.15) is 6.92 Å². The van der Waals surface area contributed by atoms with Gasteiger partial charge in [0.1, 0.15) is 0 Å². The molecule has 0 aliphatic carbocycles. The fourth-order valence-electron chi connectivity index (χ4n) is 3.15. The molecule has 31 heavy (non-hydrogen) atoms. The lowest BCUT2D eigenvalue weighted by atomic mass is 10.2. The van der Waals surface area contributed by atoms with Crippen molar-refractivity contribution in [3.05, 3.63) is 66.9 Å². The van der Waals surface area contributed by atoms with Gasteiger partial charge in [-0.3, -0.25) is 9.36 Å². The Hall–Kier alpha value is -3.72. The largest absolute Gasteiger partial charge is 0.461 e. The van der Waals surface area contributed by atoms with Gasteiger partial charge in [0.15, 0.2) is 22.4 Å². The number of fused-ring (bicyclic) bond motifs is 1.